The van der Waals surface area contributed by atoms with Gasteiger partial charge in [0.05, 0.1) is 31.6 Å². The second-order valence-corrected chi connectivity index (χ2v) is 12.1. The molecule has 2 atom stereocenters. The second kappa shape index (κ2) is 14.3. The number of aromatic nitrogens is 5. The fourth-order valence-electron chi connectivity index (χ4n) is 6.18. The summed E-state index contributed by atoms with van der Waals surface area (Å²) in [5, 5.41) is 5.90. The Morgan fingerprint density at radius 3 is 2.80 bits per heavy atom. The molecule has 7 rings (SSSR count). The van der Waals surface area contributed by atoms with Gasteiger partial charge < -0.3 is 34.9 Å². The minimum Gasteiger partial charge on any atom is -0.457 e. The van der Waals surface area contributed by atoms with E-state index in [0.717, 1.165) is 5.56 Å². The van der Waals surface area contributed by atoms with Gasteiger partial charge in [-0.25, -0.2) is 19.3 Å². The SMILES string of the molecule is CCCN1CC(=O)N[C@@H]2CN(c3ncnc4nc[nH]c34)C[C@H]2OCc2cc(F)cc(c2)Oc2cc(C(=O)NCc3cccnc3)cc(c2)C1=O. The van der Waals surface area contributed by atoms with E-state index >= 15 is 0 Å². The standard InChI is InChI=1S/C35H34FN9O5/c1-2-6-44-17-30(46)43-28-15-45(33-31-32(40-19-39-31)41-20-42-33)16-29(28)49-18-22-7-25(36)12-26(8-22)50-27-10-23(9-24(11-27)35(44)48)34(47)38-14-21-4-3-5-37-13-21/h3-5,7-13,19-20,28-29H,2,6,14-18H2,1H3,(H,38,47)(H,43,46)(H,39,40,41,42)/t28-,29-/m1/s1. The van der Waals surface area contributed by atoms with Crippen LogP contribution < -0.4 is 20.3 Å². The summed E-state index contributed by atoms with van der Waals surface area (Å²) in [5.74, 6) is -0.954. The maximum absolute atomic E-state index is 14.9. The number of ether oxygens (including phenoxy) is 2. The van der Waals surface area contributed by atoms with Gasteiger partial charge in [0.15, 0.2) is 11.5 Å². The van der Waals surface area contributed by atoms with Gasteiger partial charge in [0.1, 0.15) is 29.2 Å². The number of anilines is 1. The first-order valence-corrected chi connectivity index (χ1v) is 16.2. The van der Waals surface area contributed by atoms with Gasteiger partial charge in [-0.2, -0.15) is 0 Å². The van der Waals surface area contributed by atoms with E-state index in [9.17, 15) is 18.8 Å². The monoisotopic (exact) mass is 679 g/mol. The van der Waals surface area contributed by atoms with Gasteiger partial charge in [0.25, 0.3) is 11.8 Å². The third kappa shape index (κ3) is 7.22. The van der Waals surface area contributed by atoms with Gasteiger partial charge in [-0.15, -0.1) is 0 Å². The predicted octanol–water partition coefficient (Wildman–Crippen LogP) is 3.37. The lowest BCUT2D eigenvalue weighted by molar-refractivity contribution is -0.123. The van der Waals surface area contributed by atoms with E-state index in [-0.39, 0.29) is 54.8 Å². The Labute approximate surface area is 286 Å². The summed E-state index contributed by atoms with van der Waals surface area (Å²) in [6.45, 7) is 2.89. The molecule has 0 spiro atoms. The molecular weight excluding hydrogens is 645 g/mol. The zero-order valence-electron chi connectivity index (χ0n) is 27.1. The number of pyridine rings is 1. The molecule has 50 heavy (non-hydrogen) atoms. The van der Waals surface area contributed by atoms with Crippen molar-refractivity contribution in [2.24, 2.45) is 0 Å². The highest BCUT2D eigenvalue weighted by Gasteiger charge is 2.37. The summed E-state index contributed by atoms with van der Waals surface area (Å²) in [5.41, 5.74) is 2.73. The molecular formula is C35H34FN9O5. The number of benzene rings is 2. The van der Waals surface area contributed by atoms with Crippen LogP contribution in [0.2, 0.25) is 0 Å². The molecule has 4 bridgehead atoms. The highest BCUT2D eigenvalue weighted by atomic mass is 19.1. The number of amides is 3. The Kier molecular flexibility index (Phi) is 9.29. The molecule has 2 aliphatic heterocycles. The smallest absolute Gasteiger partial charge is 0.254 e. The molecule has 5 aromatic rings. The molecule has 0 saturated carbocycles. The summed E-state index contributed by atoms with van der Waals surface area (Å²) in [4.78, 5) is 64.4. The van der Waals surface area contributed by atoms with E-state index in [4.69, 9.17) is 9.47 Å². The summed E-state index contributed by atoms with van der Waals surface area (Å²) in [7, 11) is 0. The zero-order chi connectivity index (χ0) is 34.6. The van der Waals surface area contributed by atoms with Gasteiger partial charge in [-0.1, -0.05) is 13.0 Å². The van der Waals surface area contributed by atoms with Gasteiger partial charge in [-0.3, -0.25) is 19.4 Å². The predicted molar refractivity (Wildman–Crippen MR) is 179 cm³/mol. The summed E-state index contributed by atoms with van der Waals surface area (Å²) >= 11 is 0. The Morgan fingerprint density at radius 1 is 1.08 bits per heavy atom. The Hall–Kier alpha value is -5.96. The van der Waals surface area contributed by atoms with Crippen molar-refractivity contribution in [3.63, 3.8) is 0 Å². The van der Waals surface area contributed by atoms with Crippen LogP contribution in [0.25, 0.3) is 11.2 Å². The maximum atomic E-state index is 14.9. The molecule has 14 nitrogen and oxygen atoms in total. The summed E-state index contributed by atoms with van der Waals surface area (Å²) in [6, 6.07) is 11.7. The molecule has 5 heterocycles. The topological polar surface area (TPSA) is 168 Å². The lowest BCUT2D eigenvalue weighted by Gasteiger charge is -2.25. The van der Waals surface area contributed by atoms with Gasteiger partial charge in [-0.05, 0) is 53.9 Å². The van der Waals surface area contributed by atoms with Crippen LogP contribution in [0.15, 0.2) is 73.6 Å². The average molecular weight is 680 g/mol. The van der Waals surface area contributed by atoms with Gasteiger partial charge >= 0.3 is 0 Å². The molecule has 1 fully saturated rings. The number of hydrogen-bond donors (Lipinski definition) is 3. The van der Waals surface area contributed by atoms with Crippen molar-refractivity contribution < 1.29 is 28.2 Å². The maximum Gasteiger partial charge on any atom is 0.254 e. The third-order valence-electron chi connectivity index (χ3n) is 8.45. The van der Waals surface area contributed by atoms with Crippen molar-refractivity contribution in [1.29, 1.82) is 0 Å². The van der Waals surface area contributed by atoms with E-state index in [1.807, 2.05) is 17.9 Å². The van der Waals surface area contributed by atoms with E-state index in [0.29, 0.717) is 42.1 Å². The Balaban J connectivity index is 1.21. The lowest BCUT2D eigenvalue weighted by atomic mass is 10.1. The van der Waals surface area contributed by atoms with Crippen molar-refractivity contribution in [3.8, 4) is 11.5 Å². The molecule has 0 aliphatic carbocycles. The van der Waals surface area contributed by atoms with Crippen molar-refractivity contribution in [2.75, 3.05) is 31.1 Å². The van der Waals surface area contributed by atoms with Crippen LogP contribution in [-0.4, -0.2) is 85.9 Å². The van der Waals surface area contributed by atoms with Gasteiger partial charge in [0.2, 0.25) is 5.91 Å². The molecule has 0 radical (unpaired) electrons. The highest BCUT2D eigenvalue weighted by Crippen LogP contribution is 2.29. The van der Waals surface area contributed by atoms with Crippen molar-refractivity contribution in [1.82, 2.24) is 40.5 Å². The molecule has 2 aromatic carbocycles. The minimum atomic E-state index is -0.557. The van der Waals surface area contributed by atoms with Crippen molar-refractivity contribution in [3.05, 3.63) is 102 Å². The van der Waals surface area contributed by atoms with Gasteiger partial charge in [0, 0.05) is 55.8 Å². The van der Waals surface area contributed by atoms with Crippen molar-refractivity contribution >= 4 is 34.7 Å². The second-order valence-electron chi connectivity index (χ2n) is 12.1. The van der Waals surface area contributed by atoms with Crippen LogP contribution in [0, 0.1) is 5.82 Å². The molecule has 256 valence electrons. The number of carbonyl (C=O) groups is 3. The van der Waals surface area contributed by atoms with E-state index < -0.39 is 29.8 Å². The molecule has 1 saturated heterocycles. The zero-order valence-corrected chi connectivity index (χ0v) is 27.1. The van der Waals surface area contributed by atoms with E-state index in [1.54, 1.807) is 24.5 Å². The lowest BCUT2D eigenvalue weighted by Crippen LogP contribution is -2.49. The number of H-pyrrole nitrogens is 1. The first-order valence-electron chi connectivity index (χ1n) is 16.2. The summed E-state index contributed by atoms with van der Waals surface area (Å²) in [6.07, 6.45) is 6.31. The number of nitrogens with zero attached hydrogens (tertiary/aromatic N) is 6. The minimum absolute atomic E-state index is 0.0186. The van der Waals surface area contributed by atoms with E-state index in [2.05, 4.69) is 35.6 Å². The molecule has 0 unspecified atom stereocenters. The molecule has 2 aliphatic rings. The number of imidazole rings is 1. The van der Waals surface area contributed by atoms with Crippen LogP contribution in [0.5, 0.6) is 11.5 Å². The molecule has 15 heteroatoms. The highest BCUT2D eigenvalue weighted by molar-refractivity contribution is 6.01. The number of nitrogens with one attached hydrogen (secondary N) is 3. The Morgan fingerprint density at radius 2 is 1.96 bits per heavy atom. The quantitative estimate of drug-likeness (QED) is 0.242. The number of rotatable bonds is 6. The fourth-order valence-corrected chi connectivity index (χ4v) is 6.18. The van der Waals surface area contributed by atoms with Crippen LogP contribution in [0.1, 0.15) is 45.2 Å². The first kappa shape index (κ1) is 32.6. The normalized spacial score (nSPS) is 18.0. The first-order chi connectivity index (χ1) is 24.3. The van der Waals surface area contributed by atoms with E-state index in [1.165, 1.54) is 47.9 Å². The number of hydrogen-bond acceptors (Lipinski definition) is 10. The molecule has 3 amide bonds. The van der Waals surface area contributed by atoms with Crippen LogP contribution in [0.3, 0.4) is 0 Å². The molecule has 3 aromatic heterocycles. The average Bonchev–Trinajstić information content (AvgIpc) is 3.76. The Bertz CT molecular complexity index is 2040. The third-order valence-corrected chi connectivity index (χ3v) is 8.45. The number of halogens is 1. The van der Waals surface area contributed by atoms with Crippen LogP contribution >= 0.6 is 0 Å². The number of carbonyl (C=O) groups excluding carboxylic acids is 3. The molecule has 3 N–H and O–H groups in total. The number of aromatic amines is 1. The van der Waals surface area contributed by atoms with Crippen molar-refractivity contribution in [2.45, 2.75) is 38.6 Å². The largest absolute Gasteiger partial charge is 0.457 e. The number of fused-ring (bicyclic) bond motifs is 6. The van der Waals surface area contributed by atoms with Crippen LogP contribution in [-0.2, 0) is 22.7 Å². The fraction of sp³-hybridized carbons (Fsp3) is 0.286. The van der Waals surface area contributed by atoms with Crippen LogP contribution in [0.4, 0.5) is 10.2 Å². The summed E-state index contributed by atoms with van der Waals surface area (Å²) < 4.78 is 27.4.